The van der Waals surface area contributed by atoms with Crippen LogP contribution in [0.4, 0.5) is 0 Å². The molecule has 2 heterocycles. The van der Waals surface area contributed by atoms with Gasteiger partial charge in [-0.05, 0) is 12.0 Å². The summed E-state index contributed by atoms with van der Waals surface area (Å²) in [5.41, 5.74) is 1.11. The van der Waals surface area contributed by atoms with Crippen LogP contribution >= 0.6 is 12.4 Å². The molecule has 2 saturated heterocycles. The van der Waals surface area contributed by atoms with Gasteiger partial charge in [-0.1, -0.05) is 30.3 Å². The Morgan fingerprint density at radius 1 is 1.24 bits per heavy atom. The second kappa shape index (κ2) is 7.75. The zero-order valence-corrected chi connectivity index (χ0v) is 12.6. The largest absolute Gasteiger partial charge is 0.378 e. The van der Waals surface area contributed by atoms with E-state index in [1.54, 1.807) is 0 Å². The first-order valence-corrected chi connectivity index (χ1v) is 7.12. The van der Waals surface area contributed by atoms with E-state index in [0.29, 0.717) is 19.8 Å². The number of rotatable bonds is 3. The number of halogens is 1. The fraction of sp³-hybridized carbons (Fsp3) is 0.533. The van der Waals surface area contributed by atoms with Gasteiger partial charge in [-0.25, -0.2) is 0 Å². The van der Waals surface area contributed by atoms with E-state index in [0.717, 1.165) is 18.5 Å². The van der Waals surface area contributed by atoms with Gasteiger partial charge in [0.1, 0.15) is 12.1 Å². The molecule has 116 valence electrons. The van der Waals surface area contributed by atoms with Crippen LogP contribution in [0.15, 0.2) is 30.3 Å². The minimum Gasteiger partial charge on any atom is -0.378 e. The molecular formula is C15H21ClN2O3. The Balaban J connectivity index is 0.00000161. The van der Waals surface area contributed by atoms with Crippen molar-refractivity contribution in [3.63, 3.8) is 0 Å². The molecule has 6 heteroatoms. The number of ether oxygens (including phenoxy) is 2. The number of hydrogen-bond donors (Lipinski definition) is 2. The van der Waals surface area contributed by atoms with Gasteiger partial charge in [0.25, 0.3) is 0 Å². The van der Waals surface area contributed by atoms with Crippen LogP contribution < -0.4 is 10.6 Å². The third-order valence-electron chi connectivity index (χ3n) is 3.79. The maximum Gasteiger partial charge on any atom is 0.239 e. The van der Waals surface area contributed by atoms with Gasteiger partial charge in [-0.2, -0.15) is 0 Å². The van der Waals surface area contributed by atoms with Crippen LogP contribution in [-0.2, 0) is 14.3 Å². The maximum atomic E-state index is 12.2. The number of benzene rings is 1. The van der Waals surface area contributed by atoms with Crippen LogP contribution in [0.3, 0.4) is 0 Å². The lowest BCUT2D eigenvalue weighted by atomic mass is 10.0. The first kappa shape index (κ1) is 16.2. The molecule has 2 aliphatic rings. The van der Waals surface area contributed by atoms with Crippen LogP contribution in [0.25, 0.3) is 0 Å². The standard InChI is InChI=1S/C15H20N2O3.ClH/c18-15(13-10-19-9-7-16-13)17-12-6-8-20-14(12)11-4-2-1-3-5-11;/h1-5,12-14,16H,6-10H2,(H,17,18);1H. The normalized spacial score (nSPS) is 28.7. The Morgan fingerprint density at radius 3 is 2.76 bits per heavy atom. The molecule has 5 nitrogen and oxygen atoms in total. The van der Waals surface area contributed by atoms with Crippen molar-refractivity contribution in [2.45, 2.75) is 24.6 Å². The van der Waals surface area contributed by atoms with Crippen molar-refractivity contribution in [3.8, 4) is 0 Å². The fourth-order valence-corrected chi connectivity index (χ4v) is 2.73. The lowest BCUT2D eigenvalue weighted by Crippen LogP contribution is -2.53. The molecule has 0 aromatic heterocycles. The summed E-state index contributed by atoms with van der Waals surface area (Å²) in [6.45, 7) is 2.51. The summed E-state index contributed by atoms with van der Waals surface area (Å²) in [6, 6.07) is 9.83. The van der Waals surface area contributed by atoms with Gasteiger partial charge in [-0.15, -0.1) is 12.4 Å². The summed E-state index contributed by atoms with van der Waals surface area (Å²) in [6.07, 6.45) is 0.795. The molecule has 0 spiro atoms. The first-order chi connectivity index (χ1) is 9.84. The van der Waals surface area contributed by atoms with Crippen molar-refractivity contribution in [3.05, 3.63) is 35.9 Å². The van der Waals surface area contributed by atoms with Crippen LogP contribution in [-0.4, -0.2) is 44.4 Å². The van der Waals surface area contributed by atoms with Gasteiger partial charge in [0.05, 0.1) is 19.3 Å². The summed E-state index contributed by atoms with van der Waals surface area (Å²) >= 11 is 0. The van der Waals surface area contributed by atoms with E-state index in [9.17, 15) is 4.79 Å². The van der Waals surface area contributed by atoms with E-state index in [2.05, 4.69) is 10.6 Å². The smallest absolute Gasteiger partial charge is 0.239 e. The van der Waals surface area contributed by atoms with Crippen LogP contribution in [0.1, 0.15) is 18.1 Å². The summed E-state index contributed by atoms with van der Waals surface area (Å²) in [4.78, 5) is 12.2. The molecule has 3 unspecified atom stereocenters. The average molecular weight is 313 g/mol. The molecule has 3 rings (SSSR count). The molecule has 2 N–H and O–H groups in total. The van der Waals surface area contributed by atoms with Gasteiger partial charge in [0, 0.05) is 13.2 Å². The lowest BCUT2D eigenvalue weighted by molar-refractivity contribution is -0.127. The number of amides is 1. The van der Waals surface area contributed by atoms with Crippen LogP contribution in [0.2, 0.25) is 0 Å². The Hall–Kier alpha value is -1.14. The predicted octanol–water partition coefficient (Wildman–Crippen LogP) is 1.04. The Labute approximate surface area is 130 Å². The second-order valence-electron chi connectivity index (χ2n) is 5.19. The average Bonchev–Trinajstić information content (AvgIpc) is 2.97. The van der Waals surface area contributed by atoms with Crippen molar-refractivity contribution < 1.29 is 14.3 Å². The van der Waals surface area contributed by atoms with Gasteiger partial charge >= 0.3 is 0 Å². The topological polar surface area (TPSA) is 59.6 Å². The Bertz CT molecular complexity index is 451. The number of carbonyl (C=O) groups excluding carboxylic acids is 1. The summed E-state index contributed by atoms with van der Waals surface area (Å²) < 4.78 is 11.1. The van der Waals surface area contributed by atoms with E-state index in [1.165, 1.54) is 0 Å². The Kier molecular flexibility index (Phi) is 5.99. The number of hydrogen-bond acceptors (Lipinski definition) is 4. The highest BCUT2D eigenvalue weighted by Crippen LogP contribution is 2.28. The molecule has 0 aliphatic carbocycles. The molecule has 1 aromatic rings. The van der Waals surface area contributed by atoms with Crippen LogP contribution in [0.5, 0.6) is 0 Å². The molecule has 0 radical (unpaired) electrons. The summed E-state index contributed by atoms with van der Waals surface area (Å²) in [7, 11) is 0. The highest BCUT2D eigenvalue weighted by atomic mass is 35.5. The van der Waals surface area contributed by atoms with Gasteiger partial charge in [0.2, 0.25) is 5.91 Å². The van der Waals surface area contributed by atoms with Gasteiger partial charge in [0.15, 0.2) is 0 Å². The highest BCUT2D eigenvalue weighted by Gasteiger charge is 2.32. The molecule has 1 amide bonds. The molecule has 2 aliphatic heterocycles. The van der Waals surface area contributed by atoms with Crippen molar-refractivity contribution in [1.29, 1.82) is 0 Å². The first-order valence-electron chi connectivity index (χ1n) is 7.12. The summed E-state index contributed by atoms with van der Waals surface area (Å²) in [5, 5.41) is 6.26. The monoisotopic (exact) mass is 312 g/mol. The van der Waals surface area contributed by atoms with Crippen LogP contribution in [0, 0.1) is 0 Å². The third kappa shape index (κ3) is 3.95. The molecule has 3 atom stereocenters. The van der Waals surface area contributed by atoms with E-state index < -0.39 is 0 Å². The van der Waals surface area contributed by atoms with Crippen molar-refractivity contribution >= 4 is 18.3 Å². The molecule has 2 fully saturated rings. The second-order valence-corrected chi connectivity index (χ2v) is 5.19. The highest BCUT2D eigenvalue weighted by molar-refractivity contribution is 5.85. The maximum absolute atomic E-state index is 12.2. The quantitative estimate of drug-likeness (QED) is 0.876. The lowest BCUT2D eigenvalue weighted by Gasteiger charge is -2.26. The van der Waals surface area contributed by atoms with Gasteiger partial charge in [-0.3, -0.25) is 4.79 Å². The SMILES string of the molecule is Cl.O=C(NC1CCOC1c1ccccc1)C1COCCN1. The van der Waals surface area contributed by atoms with E-state index in [-0.39, 0.29) is 36.5 Å². The predicted molar refractivity (Wildman–Crippen MR) is 81.5 cm³/mol. The van der Waals surface area contributed by atoms with Gasteiger partial charge < -0.3 is 20.1 Å². The molecular weight excluding hydrogens is 292 g/mol. The van der Waals surface area contributed by atoms with E-state index >= 15 is 0 Å². The third-order valence-corrected chi connectivity index (χ3v) is 3.79. The summed E-state index contributed by atoms with van der Waals surface area (Å²) in [5.74, 6) is 0.00105. The van der Waals surface area contributed by atoms with E-state index in [1.807, 2.05) is 30.3 Å². The molecule has 0 saturated carbocycles. The molecule has 0 bridgehead atoms. The number of nitrogens with one attached hydrogen (secondary N) is 2. The number of morpholine rings is 1. The Morgan fingerprint density at radius 2 is 2.05 bits per heavy atom. The van der Waals surface area contributed by atoms with Crippen molar-refractivity contribution in [1.82, 2.24) is 10.6 Å². The zero-order valence-electron chi connectivity index (χ0n) is 11.8. The van der Waals surface area contributed by atoms with Crippen molar-refractivity contribution in [2.75, 3.05) is 26.4 Å². The minimum atomic E-state index is -0.249. The molecule has 21 heavy (non-hydrogen) atoms. The zero-order chi connectivity index (χ0) is 13.8. The minimum absolute atomic E-state index is 0. The number of carbonyl (C=O) groups is 1. The fourth-order valence-electron chi connectivity index (χ4n) is 2.73. The molecule has 1 aromatic carbocycles. The van der Waals surface area contributed by atoms with Crippen molar-refractivity contribution in [2.24, 2.45) is 0 Å². The van der Waals surface area contributed by atoms with E-state index in [4.69, 9.17) is 9.47 Å².